The molecule has 1 heterocycles. The monoisotopic (exact) mass is 310 g/mol. The van der Waals surface area contributed by atoms with E-state index < -0.39 is 0 Å². The minimum atomic E-state index is 0.0179. The molecule has 4 heteroatoms. The molecule has 0 atom stereocenters. The molecule has 110 valence electrons. The number of hydrogen-bond donors (Lipinski definition) is 3. The lowest BCUT2D eigenvalue weighted by molar-refractivity contribution is 0.450. The molecule has 0 fully saturated rings. The van der Waals surface area contributed by atoms with Gasteiger partial charge in [-0.2, -0.15) is 11.3 Å². The summed E-state index contributed by atoms with van der Waals surface area (Å²) in [6, 6.07) is 11.7. The summed E-state index contributed by atoms with van der Waals surface area (Å²) < 4.78 is 0. The molecule has 0 aliphatic carbocycles. The van der Waals surface area contributed by atoms with Crippen molar-refractivity contribution in [2.24, 2.45) is 0 Å². The van der Waals surface area contributed by atoms with Crippen molar-refractivity contribution in [2.45, 2.75) is 0 Å². The van der Waals surface area contributed by atoms with Crippen LogP contribution in [0.25, 0.3) is 23.3 Å². The summed E-state index contributed by atoms with van der Waals surface area (Å²) in [5.41, 5.74) is 3.37. The highest BCUT2D eigenvalue weighted by Gasteiger charge is 2.05. The zero-order chi connectivity index (χ0) is 15.5. The molecule has 3 N–H and O–H groups in total. The number of benzene rings is 2. The summed E-state index contributed by atoms with van der Waals surface area (Å²) in [6.07, 6.45) is 3.66. The van der Waals surface area contributed by atoms with E-state index in [1.807, 2.05) is 35.0 Å². The maximum atomic E-state index is 9.98. The van der Waals surface area contributed by atoms with E-state index in [1.54, 1.807) is 35.6 Å². The number of hydrogen-bond acceptors (Lipinski definition) is 4. The van der Waals surface area contributed by atoms with Gasteiger partial charge in [0.1, 0.15) is 17.2 Å². The molecule has 0 amide bonds. The van der Waals surface area contributed by atoms with Gasteiger partial charge in [0.2, 0.25) is 0 Å². The van der Waals surface area contributed by atoms with Gasteiger partial charge in [-0.05, 0) is 57.8 Å². The highest BCUT2D eigenvalue weighted by atomic mass is 32.1. The molecule has 0 spiro atoms. The molecule has 0 bridgehead atoms. The Bertz CT molecular complexity index is 800. The van der Waals surface area contributed by atoms with Crippen LogP contribution in [0.5, 0.6) is 17.2 Å². The molecule has 0 aliphatic heterocycles. The van der Waals surface area contributed by atoms with Gasteiger partial charge in [0, 0.05) is 11.6 Å². The van der Waals surface area contributed by atoms with Crippen LogP contribution < -0.4 is 0 Å². The number of phenols is 3. The summed E-state index contributed by atoms with van der Waals surface area (Å²) >= 11 is 1.58. The minimum absolute atomic E-state index is 0.0179. The van der Waals surface area contributed by atoms with E-state index in [9.17, 15) is 15.3 Å². The molecule has 3 aromatic rings. The van der Waals surface area contributed by atoms with E-state index in [2.05, 4.69) is 0 Å². The molecule has 3 nitrogen and oxygen atoms in total. The zero-order valence-electron chi connectivity index (χ0n) is 11.6. The summed E-state index contributed by atoms with van der Waals surface area (Å²) in [5.74, 6) is 0.277. The van der Waals surface area contributed by atoms with Gasteiger partial charge in [-0.15, -0.1) is 0 Å². The fourth-order valence-electron chi connectivity index (χ4n) is 2.21. The summed E-state index contributed by atoms with van der Waals surface area (Å²) in [5, 5.41) is 32.9. The summed E-state index contributed by atoms with van der Waals surface area (Å²) in [6.45, 7) is 0. The molecule has 1 aromatic heterocycles. The van der Waals surface area contributed by atoms with Gasteiger partial charge in [0.15, 0.2) is 0 Å². The van der Waals surface area contributed by atoms with Gasteiger partial charge < -0.3 is 15.3 Å². The number of aromatic hydroxyl groups is 3. The van der Waals surface area contributed by atoms with Crippen molar-refractivity contribution >= 4 is 23.5 Å². The first-order valence-corrected chi connectivity index (χ1v) is 7.63. The second kappa shape index (κ2) is 5.95. The average molecular weight is 310 g/mol. The Morgan fingerprint density at radius 3 is 2.18 bits per heavy atom. The van der Waals surface area contributed by atoms with E-state index in [-0.39, 0.29) is 17.2 Å². The van der Waals surface area contributed by atoms with Crippen molar-refractivity contribution in [2.75, 3.05) is 0 Å². The van der Waals surface area contributed by atoms with Gasteiger partial charge in [-0.25, -0.2) is 0 Å². The third-order valence-corrected chi connectivity index (χ3v) is 3.93. The first-order chi connectivity index (χ1) is 10.6. The van der Waals surface area contributed by atoms with E-state index in [4.69, 9.17) is 0 Å². The highest BCUT2D eigenvalue weighted by molar-refractivity contribution is 7.08. The minimum Gasteiger partial charge on any atom is -0.508 e. The number of thiophene rings is 1. The predicted octanol–water partition coefficient (Wildman–Crippen LogP) is 4.70. The average Bonchev–Trinajstić information content (AvgIpc) is 2.99. The third-order valence-electron chi connectivity index (χ3n) is 3.25. The van der Waals surface area contributed by atoms with Gasteiger partial charge >= 0.3 is 0 Å². The van der Waals surface area contributed by atoms with Crippen molar-refractivity contribution in [1.82, 2.24) is 0 Å². The lowest BCUT2D eigenvalue weighted by atomic mass is 10.0. The number of phenolic OH excluding ortho intramolecular Hbond substituents is 3. The van der Waals surface area contributed by atoms with Crippen LogP contribution >= 0.6 is 11.3 Å². The van der Waals surface area contributed by atoms with Crippen LogP contribution in [0.1, 0.15) is 11.1 Å². The second-order valence-electron chi connectivity index (χ2n) is 4.90. The van der Waals surface area contributed by atoms with Crippen LogP contribution in [0.4, 0.5) is 0 Å². The quantitative estimate of drug-likeness (QED) is 0.614. The Balaban J connectivity index is 1.92. The molecule has 3 rings (SSSR count). The molecule has 0 unspecified atom stereocenters. The molecular formula is C18H14O3S. The molecule has 0 aliphatic rings. The van der Waals surface area contributed by atoms with Crippen molar-refractivity contribution in [1.29, 1.82) is 0 Å². The molecule has 22 heavy (non-hydrogen) atoms. The lowest BCUT2D eigenvalue weighted by Gasteiger charge is -2.04. The number of rotatable bonds is 3. The Kier molecular flexibility index (Phi) is 3.85. The predicted molar refractivity (Wildman–Crippen MR) is 90.1 cm³/mol. The van der Waals surface area contributed by atoms with Crippen LogP contribution in [-0.4, -0.2) is 15.3 Å². The first kappa shape index (κ1) is 14.2. The maximum absolute atomic E-state index is 9.98. The molecule has 2 aromatic carbocycles. The standard InChI is InChI=1S/C18H14O3S/c19-15-7-13(8-16(20)10-15)2-1-12-3-4-18(21)17(9-12)14-5-6-22-11-14/h1-11,19-21H/b2-1+. The van der Waals surface area contributed by atoms with Crippen molar-refractivity contribution in [3.63, 3.8) is 0 Å². The maximum Gasteiger partial charge on any atom is 0.123 e. The van der Waals surface area contributed by atoms with Crippen molar-refractivity contribution in [3.05, 3.63) is 64.4 Å². The summed E-state index contributed by atoms with van der Waals surface area (Å²) in [4.78, 5) is 0. The second-order valence-corrected chi connectivity index (χ2v) is 5.68. The largest absolute Gasteiger partial charge is 0.508 e. The molecular weight excluding hydrogens is 296 g/mol. The van der Waals surface area contributed by atoms with Crippen LogP contribution in [0.3, 0.4) is 0 Å². The SMILES string of the molecule is Oc1cc(O)cc(/C=C/c2ccc(O)c(-c3ccsc3)c2)c1. The smallest absolute Gasteiger partial charge is 0.123 e. The first-order valence-electron chi connectivity index (χ1n) is 6.68. The Morgan fingerprint density at radius 1 is 0.773 bits per heavy atom. The van der Waals surface area contributed by atoms with Crippen molar-refractivity contribution in [3.8, 4) is 28.4 Å². The highest BCUT2D eigenvalue weighted by Crippen LogP contribution is 2.32. The van der Waals surface area contributed by atoms with Gasteiger partial charge in [0.05, 0.1) is 0 Å². The Labute approximate surface area is 132 Å². The Hall–Kier alpha value is -2.72. The van der Waals surface area contributed by atoms with E-state index in [0.717, 1.165) is 16.7 Å². The van der Waals surface area contributed by atoms with Gasteiger partial charge in [-0.3, -0.25) is 0 Å². The van der Waals surface area contributed by atoms with Crippen LogP contribution in [-0.2, 0) is 0 Å². The lowest BCUT2D eigenvalue weighted by Crippen LogP contribution is -1.79. The molecule has 0 radical (unpaired) electrons. The molecule has 0 saturated carbocycles. The topological polar surface area (TPSA) is 60.7 Å². The third kappa shape index (κ3) is 3.13. The normalized spacial score (nSPS) is 11.1. The fourth-order valence-corrected chi connectivity index (χ4v) is 2.87. The van der Waals surface area contributed by atoms with Crippen molar-refractivity contribution < 1.29 is 15.3 Å². The zero-order valence-corrected chi connectivity index (χ0v) is 12.4. The fraction of sp³-hybridized carbons (Fsp3) is 0. The molecule has 0 saturated heterocycles. The van der Waals surface area contributed by atoms with Crippen LogP contribution in [0.2, 0.25) is 0 Å². The van der Waals surface area contributed by atoms with Crippen LogP contribution in [0, 0.1) is 0 Å². The van der Waals surface area contributed by atoms with E-state index in [0.29, 0.717) is 5.56 Å². The van der Waals surface area contributed by atoms with E-state index >= 15 is 0 Å². The van der Waals surface area contributed by atoms with Crippen LogP contribution in [0.15, 0.2) is 53.2 Å². The van der Waals surface area contributed by atoms with E-state index in [1.165, 1.54) is 6.07 Å². The summed E-state index contributed by atoms with van der Waals surface area (Å²) in [7, 11) is 0. The van der Waals surface area contributed by atoms with Gasteiger partial charge in [0.25, 0.3) is 0 Å². The Morgan fingerprint density at radius 2 is 1.50 bits per heavy atom. The van der Waals surface area contributed by atoms with Gasteiger partial charge in [-0.1, -0.05) is 18.2 Å².